The second kappa shape index (κ2) is 9.99. The Morgan fingerprint density at radius 2 is 1.68 bits per heavy atom. The van der Waals surface area contributed by atoms with Crippen molar-refractivity contribution in [1.29, 1.82) is 0 Å². The van der Waals surface area contributed by atoms with Gasteiger partial charge in [0.1, 0.15) is 4.90 Å². The van der Waals surface area contributed by atoms with Gasteiger partial charge in [-0.1, -0.05) is 42.8 Å². The van der Waals surface area contributed by atoms with Gasteiger partial charge in [-0.2, -0.15) is 4.31 Å². The molecule has 0 amide bonds. The predicted molar refractivity (Wildman–Crippen MR) is 131 cm³/mol. The van der Waals surface area contributed by atoms with E-state index in [0.29, 0.717) is 12.8 Å². The van der Waals surface area contributed by atoms with Crippen LogP contribution in [0.15, 0.2) is 76.9 Å². The first kappa shape index (κ1) is 24.6. The highest BCUT2D eigenvalue weighted by molar-refractivity contribution is 7.93. The number of hydrogen-bond donors (Lipinski definition) is 0. The van der Waals surface area contributed by atoms with Gasteiger partial charge in [0.05, 0.1) is 16.1 Å². The lowest BCUT2D eigenvalue weighted by atomic mass is 10.1. The van der Waals surface area contributed by atoms with Crippen LogP contribution in [-0.4, -0.2) is 50.2 Å². The third-order valence-corrected chi connectivity index (χ3v) is 10.1. The van der Waals surface area contributed by atoms with E-state index in [9.17, 15) is 16.8 Å². The van der Waals surface area contributed by atoms with E-state index in [4.69, 9.17) is 11.6 Å². The zero-order chi connectivity index (χ0) is 24.3. The van der Waals surface area contributed by atoms with Crippen LogP contribution in [0.25, 0.3) is 0 Å². The van der Waals surface area contributed by atoms with Gasteiger partial charge in [0.25, 0.3) is 10.0 Å². The Bertz CT molecular complexity index is 1340. The van der Waals surface area contributed by atoms with Crippen LogP contribution in [0.2, 0.25) is 5.02 Å². The fraction of sp³-hybridized carbons (Fsp3) is 0.304. The summed E-state index contributed by atoms with van der Waals surface area (Å²) in [6.07, 6.45) is 5.68. The fourth-order valence-corrected chi connectivity index (χ4v) is 7.65. The molecule has 1 aromatic heterocycles. The summed E-state index contributed by atoms with van der Waals surface area (Å²) in [5.74, 6) is 0.166. The standard InChI is InChI=1S/C23H25ClN4O4S2/c1-2-18-7-9-20(10-8-18)33(29,30)27-15-11-19(12-16-27)28(23-17-25-13-14-26-23)34(31,32)22-6-4-3-5-21(22)24/h3-10,13-14,17,19H,2,11-12,15-16H2,1H3. The molecule has 0 saturated carbocycles. The van der Waals surface area contributed by atoms with Gasteiger partial charge in [-0.15, -0.1) is 0 Å². The van der Waals surface area contributed by atoms with Crippen LogP contribution in [0.5, 0.6) is 0 Å². The summed E-state index contributed by atoms with van der Waals surface area (Å²) >= 11 is 6.22. The van der Waals surface area contributed by atoms with Crippen LogP contribution < -0.4 is 4.31 Å². The highest BCUT2D eigenvalue weighted by Crippen LogP contribution is 2.33. The molecular weight excluding hydrogens is 496 g/mol. The molecule has 180 valence electrons. The number of nitrogens with zero attached hydrogens (tertiary/aromatic N) is 4. The molecule has 4 rings (SSSR count). The highest BCUT2D eigenvalue weighted by atomic mass is 35.5. The molecule has 0 radical (unpaired) electrons. The Labute approximate surface area is 205 Å². The summed E-state index contributed by atoms with van der Waals surface area (Å²) < 4.78 is 56.2. The fourth-order valence-electron chi connectivity index (χ4n) is 4.03. The number of halogens is 1. The van der Waals surface area contributed by atoms with Crippen molar-refractivity contribution in [2.45, 2.75) is 42.0 Å². The minimum atomic E-state index is -4.07. The molecule has 34 heavy (non-hydrogen) atoms. The third-order valence-electron chi connectivity index (χ3n) is 5.87. The molecule has 0 bridgehead atoms. The zero-order valence-electron chi connectivity index (χ0n) is 18.6. The van der Waals surface area contributed by atoms with Crippen LogP contribution in [-0.2, 0) is 26.5 Å². The predicted octanol–water partition coefficient (Wildman–Crippen LogP) is 3.74. The Balaban J connectivity index is 1.61. The molecule has 8 nitrogen and oxygen atoms in total. The number of sulfonamides is 2. The summed E-state index contributed by atoms with van der Waals surface area (Å²) in [4.78, 5) is 8.45. The second-order valence-electron chi connectivity index (χ2n) is 7.93. The summed E-state index contributed by atoms with van der Waals surface area (Å²) in [6.45, 7) is 2.36. The summed E-state index contributed by atoms with van der Waals surface area (Å²) in [5, 5.41) is 0.104. The quantitative estimate of drug-likeness (QED) is 0.470. The van der Waals surface area contributed by atoms with Crippen molar-refractivity contribution >= 4 is 37.5 Å². The molecule has 0 aliphatic carbocycles. The van der Waals surface area contributed by atoms with E-state index in [-0.39, 0.29) is 33.7 Å². The van der Waals surface area contributed by atoms with Gasteiger partial charge in [0.15, 0.2) is 5.82 Å². The van der Waals surface area contributed by atoms with Gasteiger partial charge < -0.3 is 0 Å². The first-order valence-corrected chi connectivity index (χ1v) is 14.1. The lowest BCUT2D eigenvalue weighted by molar-refractivity contribution is 0.320. The van der Waals surface area contributed by atoms with Crippen molar-refractivity contribution < 1.29 is 16.8 Å². The Morgan fingerprint density at radius 1 is 1.00 bits per heavy atom. The monoisotopic (exact) mass is 520 g/mol. The third kappa shape index (κ3) is 4.81. The lowest BCUT2D eigenvalue weighted by Crippen LogP contribution is -2.49. The first-order valence-electron chi connectivity index (χ1n) is 10.9. The number of anilines is 1. The molecule has 3 aromatic rings. The molecule has 2 heterocycles. The van der Waals surface area contributed by atoms with E-state index in [1.165, 1.54) is 39.3 Å². The summed E-state index contributed by atoms with van der Waals surface area (Å²) in [7, 11) is -7.75. The van der Waals surface area contributed by atoms with E-state index in [0.717, 1.165) is 12.0 Å². The van der Waals surface area contributed by atoms with Crippen LogP contribution in [0.4, 0.5) is 5.82 Å². The largest absolute Gasteiger partial charge is 0.267 e. The summed E-state index contributed by atoms with van der Waals surface area (Å²) in [6, 6.07) is 12.6. The number of aryl methyl sites for hydroxylation is 1. The SMILES string of the molecule is CCc1ccc(S(=O)(=O)N2CCC(N(c3cnccn3)S(=O)(=O)c3ccccc3Cl)CC2)cc1. The Morgan fingerprint density at radius 3 is 2.26 bits per heavy atom. The topological polar surface area (TPSA) is 101 Å². The molecule has 1 fully saturated rings. The van der Waals surface area contributed by atoms with E-state index in [2.05, 4.69) is 9.97 Å². The average molecular weight is 521 g/mol. The van der Waals surface area contributed by atoms with E-state index < -0.39 is 26.1 Å². The molecule has 11 heteroatoms. The van der Waals surface area contributed by atoms with Crippen LogP contribution >= 0.6 is 11.6 Å². The zero-order valence-corrected chi connectivity index (χ0v) is 21.0. The van der Waals surface area contributed by atoms with Crippen molar-refractivity contribution in [2.75, 3.05) is 17.4 Å². The molecule has 0 unspecified atom stereocenters. The summed E-state index contributed by atoms with van der Waals surface area (Å²) in [5.41, 5.74) is 1.06. The number of benzene rings is 2. The van der Waals surface area contributed by atoms with Crippen molar-refractivity contribution in [3.63, 3.8) is 0 Å². The van der Waals surface area contributed by atoms with Crippen molar-refractivity contribution in [2.24, 2.45) is 0 Å². The number of hydrogen-bond acceptors (Lipinski definition) is 6. The Kier molecular flexibility index (Phi) is 7.22. The van der Waals surface area contributed by atoms with Gasteiger partial charge in [-0.25, -0.2) is 26.1 Å². The van der Waals surface area contributed by atoms with Crippen LogP contribution in [0.3, 0.4) is 0 Å². The number of aromatic nitrogens is 2. The Hall–Kier alpha value is -2.53. The lowest BCUT2D eigenvalue weighted by Gasteiger charge is -2.37. The minimum absolute atomic E-state index is 0.0339. The first-order chi connectivity index (χ1) is 16.2. The molecule has 1 saturated heterocycles. The van der Waals surface area contributed by atoms with Gasteiger partial charge >= 0.3 is 0 Å². The maximum absolute atomic E-state index is 13.7. The van der Waals surface area contributed by atoms with Crippen molar-refractivity contribution in [3.05, 3.63) is 77.7 Å². The maximum Gasteiger partial charge on any atom is 0.267 e. The maximum atomic E-state index is 13.7. The molecule has 0 N–H and O–H groups in total. The molecule has 0 spiro atoms. The average Bonchev–Trinajstić information content (AvgIpc) is 2.85. The van der Waals surface area contributed by atoms with E-state index in [1.807, 2.05) is 19.1 Å². The van der Waals surface area contributed by atoms with Gasteiger partial charge in [0, 0.05) is 31.5 Å². The molecule has 2 aromatic carbocycles. The van der Waals surface area contributed by atoms with Gasteiger partial charge in [-0.05, 0) is 49.1 Å². The van der Waals surface area contributed by atoms with Crippen molar-refractivity contribution in [3.8, 4) is 0 Å². The van der Waals surface area contributed by atoms with Crippen LogP contribution in [0, 0.1) is 0 Å². The highest BCUT2D eigenvalue weighted by Gasteiger charge is 2.38. The molecular formula is C23H25ClN4O4S2. The second-order valence-corrected chi connectivity index (χ2v) is 12.1. The molecule has 0 atom stereocenters. The molecule has 1 aliphatic heterocycles. The van der Waals surface area contributed by atoms with Gasteiger partial charge in [-0.3, -0.25) is 4.98 Å². The van der Waals surface area contributed by atoms with Crippen LogP contribution in [0.1, 0.15) is 25.3 Å². The van der Waals surface area contributed by atoms with E-state index >= 15 is 0 Å². The van der Waals surface area contributed by atoms with Crippen molar-refractivity contribution in [1.82, 2.24) is 14.3 Å². The van der Waals surface area contributed by atoms with Gasteiger partial charge in [0.2, 0.25) is 10.0 Å². The number of rotatable bonds is 7. The number of piperidine rings is 1. The van der Waals surface area contributed by atoms with E-state index in [1.54, 1.807) is 24.3 Å². The minimum Gasteiger partial charge on any atom is -0.259 e. The smallest absolute Gasteiger partial charge is 0.259 e. The molecule has 1 aliphatic rings. The normalized spacial score (nSPS) is 15.8.